The van der Waals surface area contributed by atoms with Crippen LogP contribution in [-0.2, 0) is 23.8 Å². The maximum Gasteiger partial charge on any atom is 0.408 e. The van der Waals surface area contributed by atoms with E-state index in [0.29, 0.717) is 12.8 Å². The van der Waals surface area contributed by atoms with E-state index in [2.05, 4.69) is 24.1 Å². The fourth-order valence-corrected chi connectivity index (χ4v) is 7.57. The number of carbonyl (C=O) groups excluding carboxylic acids is 3. The van der Waals surface area contributed by atoms with Crippen LogP contribution in [-0.4, -0.2) is 67.9 Å². The van der Waals surface area contributed by atoms with Crippen molar-refractivity contribution in [2.24, 2.45) is 0 Å². The number of nitrogens with one attached hydrogen (secondary N) is 1. The van der Waals surface area contributed by atoms with E-state index in [1.807, 2.05) is 14.0 Å². The highest BCUT2D eigenvalue weighted by Gasteiger charge is 2.38. The second kappa shape index (κ2) is 34.6. The summed E-state index contributed by atoms with van der Waals surface area (Å²) < 4.78 is 16.6. The van der Waals surface area contributed by atoms with Gasteiger partial charge in [-0.25, -0.2) is 4.79 Å². The number of hydrogen-bond donors (Lipinski definition) is 1. The minimum Gasteiger partial charge on any atom is -0.462 e. The Morgan fingerprint density at radius 1 is 0.509 bits per heavy atom. The monoisotopic (exact) mass is 751 g/mol. The van der Waals surface area contributed by atoms with Crippen molar-refractivity contribution in [1.29, 1.82) is 0 Å². The maximum atomic E-state index is 12.7. The highest BCUT2D eigenvalue weighted by atomic mass is 16.6. The molecule has 0 atom stereocenters. The van der Waals surface area contributed by atoms with Crippen LogP contribution in [0.4, 0.5) is 4.79 Å². The van der Waals surface area contributed by atoms with Gasteiger partial charge >= 0.3 is 18.0 Å². The summed E-state index contributed by atoms with van der Waals surface area (Å²) in [6.45, 7) is 7.74. The van der Waals surface area contributed by atoms with E-state index < -0.39 is 12.2 Å². The number of hydrogen-bond acceptors (Lipinski definition) is 7. The fourth-order valence-electron chi connectivity index (χ4n) is 7.57. The Kier molecular flexibility index (Phi) is 32.2. The van der Waals surface area contributed by atoms with E-state index in [1.54, 1.807) is 0 Å². The van der Waals surface area contributed by atoms with Crippen molar-refractivity contribution in [3.05, 3.63) is 0 Å². The number of esters is 2. The van der Waals surface area contributed by atoms with Gasteiger partial charge in [0.15, 0.2) is 6.10 Å². The number of alkyl carbamates (subject to hydrolysis) is 1. The van der Waals surface area contributed by atoms with E-state index in [-0.39, 0.29) is 30.7 Å². The Hall–Kier alpha value is -1.83. The third kappa shape index (κ3) is 31.1. The summed E-state index contributed by atoms with van der Waals surface area (Å²) in [4.78, 5) is 39.8. The third-order valence-corrected chi connectivity index (χ3v) is 10.7. The number of amides is 1. The van der Waals surface area contributed by atoms with Gasteiger partial charge in [-0.1, -0.05) is 194 Å². The number of likely N-dealkylation sites (tertiary alicyclic amines) is 1. The Labute approximate surface area is 327 Å². The Bertz CT molecular complexity index is 827. The summed E-state index contributed by atoms with van der Waals surface area (Å²) >= 11 is 0. The van der Waals surface area contributed by atoms with Gasteiger partial charge in [0.1, 0.15) is 13.2 Å². The molecule has 8 nitrogen and oxygen atoms in total. The Morgan fingerprint density at radius 2 is 0.792 bits per heavy atom. The van der Waals surface area contributed by atoms with Gasteiger partial charge in [-0.3, -0.25) is 9.59 Å². The summed E-state index contributed by atoms with van der Waals surface area (Å²) in [6, 6.07) is 0. The molecule has 1 fully saturated rings. The molecule has 312 valence electrons. The average Bonchev–Trinajstić information content (AvgIpc) is 3.12. The van der Waals surface area contributed by atoms with Gasteiger partial charge < -0.3 is 24.4 Å². The van der Waals surface area contributed by atoms with E-state index >= 15 is 0 Å². The van der Waals surface area contributed by atoms with Gasteiger partial charge in [-0.05, 0) is 26.8 Å². The van der Waals surface area contributed by atoms with Gasteiger partial charge in [0.25, 0.3) is 0 Å². The molecule has 0 aromatic heterocycles. The molecule has 0 bridgehead atoms. The molecule has 1 aliphatic heterocycles. The lowest BCUT2D eigenvalue weighted by Gasteiger charge is -2.46. The second-order valence-corrected chi connectivity index (χ2v) is 16.7. The molecule has 53 heavy (non-hydrogen) atoms. The quantitative estimate of drug-likeness (QED) is 0.0381. The van der Waals surface area contributed by atoms with Crippen LogP contribution in [0.25, 0.3) is 0 Å². The topological polar surface area (TPSA) is 94.2 Å². The van der Waals surface area contributed by atoms with Crippen LogP contribution in [0.1, 0.15) is 226 Å². The Balaban J connectivity index is 2.17. The summed E-state index contributed by atoms with van der Waals surface area (Å²) in [7, 11) is 1.99. The molecule has 0 aliphatic carbocycles. The summed E-state index contributed by atoms with van der Waals surface area (Å²) in [5, 5.41) is 2.91. The van der Waals surface area contributed by atoms with Crippen LogP contribution >= 0.6 is 0 Å². The number of unbranched alkanes of at least 4 members (excludes halogenated alkanes) is 28. The molecule has 1 amide bonds. The van der Waals surface area contributed by atoms with Crippen molar-refractivity contribution in [1.82, 2.24) is 10.2 Å². The molecule has 1 N–H and O–H groups in total. The zero-order valence-corrected chi connectivity index (χ0v) is 35.4. The molecule has 0 saturated carbocycles. The minimum absolute atomic E-state index is 0.117. The largest absolute Gasteiger partial charge is 0.462 e. The third-order valence-electron chi connectivity index (χ3n) is 10.7. The molecule has 0 spiro atoms. The predicted molar refractivity (Wildman–Crippen MR) is 220 cm³/mol. The lowest BCUT2D eigenvalue weighted by molar-refractivity contribution is -0.152. The summed E-state index contributed by atoms with van der Waals surface area (Å²) in [5.74, 6) is -0.601. The zero-order valence-electron chi connectivity index (χ0n) is 35.4. The molecule has 1 saturated heterocycles. The minimum atomic E-state index is -0.841. The first-order valence-corrected chi connectivity index (χ1v) is 22.8. The van der Waals surface area contributed by atoms with E-state index in [4.69, 9.17) is 14.2 Å². The molecular formula is C45H86N2O6. The Morgan fingerprint density at radius 3 is 1.08 bits per heavy atom. The van der Waals surface area contributed by atoms with Gasteiger partial charge in [-0.2, -0.15) is 0 Å². The first-order valence-electron chi connectivity index (χ1n) is 22.8. The summed E-state index contributed by atoms with van der Waals surface area (Å²) in [6.07, 6.45) is 37.5. The number of rotatable bonds is 38. The number of ether oxygens (including phenoxy) is 3. The number of carbonyl (C=O) groups is 3. The predicted octanol–water partition coefficient (Wildman–Crippen LogP) is 12.4. The van der Waals surface area contributed by atoms with Crippen LogP contribution in [0.5, 0.6) is 0 Å². The molecule has 0 aromatic carbocycles. The van der Waals surface area contributed by atoms with Crippen molar-refractivity contribution < 1.29 is 28.6 Å². The lowest BCUT2D eigenvalue weighted by atomic mass is 9.93. The number of nitrogens with zero attached hydrogens (tertiary/aromatic N) is 1. The SMILES string of the molecule is CCCCCCCCCCCCCCCCCC(=O)OCC(COC(=O)CCCCCCCCCCCCCCCCC)OC(=O)NC1(C)CN(C)C1. The van der Waals surface area contributed by atoms with Crippen molar-refractivity contribution >= 4 is 18.0 Å². The van der Waals surface area contributed by atoms with Gasteiger partial charge in [0.2, 0.25) is 0 Å². The molecular weight excluding hydrogens is 665 g/mol. The van der Waals surface area contributed by atoms with Crippen molar-refractivity contribution in [2.45, 2.75) is 238 Å². The fraction of sp³-hybridized carbons (Fsp3) is 0.933. The summed E-state index contributed by atoms with van der Waals surface area (Å²) in [5.41, 5.74) is -0.356. The lowest BCUT2D eigenvalue weighted by Crippen LogP contribution is -2.67. The molecule has 1 aliphatic rings. The normalized spacial score (nSPS) is 13.9. The standard InChI is InChI=1S/C45H86N2O6/c1-5-7-9-11-13-15-17-19-21-23-25-27-29-31-33-35-42(48)51-37-41(53-44(50)46-45(3)39-47(4)40-45)38-52-43(49)36-34-32-30-28-26-24-22-20-18-16-14-12-10-8-6-2/h41H,5-40H2,1-4H3,(H,46,50). The molecule has 0 radical (unpaired) electrons. The second-order valence-electron chi connectivity index (χ2n) is 16.7. The van der Waals surface area contributed by atoms with Crippen molar-refractivity contribution in [3.8, 4) is 0 Å². The van der Waals surface area contributed by atoms with E-state index in [9.17, 15) is 14.4 Å². The van der Waals surface area contributed by atoms with E-state index in [1.165, 1.54) is 154 Å². The van der Waals surface area contributed by atoms with Crippen LogP contribution in [0, 0.1) is 0 Å². The van der Waals surface area contributed by atoms with Gasteiger partial charge in [0.05, 0.1) is 5.54 Å². The van der Waals surface area contributed by atoms with Crippen molar-refractivity contribution in [2.75, 3.05) is 33.4 Å². The van der Waals surface area contributed by atoms with Crippen LogP contribution in [0.2, 0.25) is 0 Å². The van der Waals surface area contributed by atoms with Gasteiger partial charge in [-0.15, -0.1) is 0 Å². The highest BCUT2D eigenvalue weighted by Crippen LogP contribution is 2.19. The van der Waals surface area contributed by atoms with Crippen LogP contribution < -0.4 is 5.32 Å². The van der Waals surface area contributed by atoms with Crippen LogP contribution in [0.15, 0.2) is 0 Å². The first-order chi connectivity index (χ1) is 25.8. The molecule has 0 unspecified atom stereocenters. The smallest absolute Gasteiger partial charge is 0.408 e. The molecule has 1 rings (SSSR count). The van der Waals surface area contributed by atoms with Gasteiger partial charge in [0, 0.05) is 25.9 Å². The highest BCUT2D eigenvalue weighted by molar-refractivity contribution is 5.70. The zero-order chi connectivity index (χ0) is 38.7. The van der Waals surface area contributed by atoms with Crippen molar-refractivity contribution in [3.63, 3.8) is 0 Å². The first kappa shape index (κ1) is 49.2. The maximum absolute atomic E-state index is 12.7. The molecule has 1 heterocycles. The van der Waals surface area contributed by atoms with Crippen LogP contribution in [0.3, 0.4) is 0 Å². The number of likely N-dealkylation sites (N-methyl/N-ethyl adjacent to an activating group) is 1. The molecule has 8 heteroatoms. The molecule has 0 aromatic rings. The van der Waals surface area contributed by atoms with E-state index in [0.717, 1.165) is 51.6 Å². The average molecular weight is 751 g/mol.